The van der Waals surface area contributed by atoms with E-state index in [1.54, 1.807) is 12.4 Å². The topological polar surface area (TPSA) is 64.9 Å². The molecule has 0 radical (unpaired) electrons. The number of aromatic nitrogens is 4. The molecule has 0 aromatic carbocycles. The van der Waals surface area contributed by atoms with Gasteiger partial charge in [0.15, 0.2) is 5.82 Å². The van der Waals surface area contributed by atoms with Gasteiger partial charge in [-0.15, -0.1) is 0 Å². The molecule has 2 atom stereocenters. The van der Waals surface area contributed by atoms with E-state index in [2.05, 4.69) is 15.4 Å². The molecule has 0 saturated heterocycles. The van der Waals surface area contributed by atoms with Crippen molar-refractivity contribution in [2.75, 3.05) is 5.32 Å². The van der Waals surface area contributed by atoms with Gasteiger partial charge in [0, 0.05) is 5.69 Å². The van der Waals surface area contributed by atoms with Gasteiger partial charge >= 0.3 is 0 Å². The molecule has 6 heteroatoms. The molecule has 6 nitrogen and oxygen atoms in total. The average molecular weight is 355 g/mol. The second kappa shape index (κ2) is 7.74. The first-order valence-electron chi connectivity index (χ1n) is 9.97. The van der Waals surface area contributed by atoms with Gasteiger partial charge in [-0.25, -0.2) is 9.67 Å². The largest absolute Gasteiger partial charge is 0.373 e. The number of hydrogen-bond donors (Lipinski definition) is 1. The van der Waals surface area contributed by atoms with Crippen LogP contribution in [0.1, 0.15) is 62.8 Å². The lowest BCUT2D eigenvalue weighted by atomic mass is 9.92. The summed E-state index contributed by atoms with van der Waals surface area (Å²) in [6.07, 6.45) is 14.1. The van der Waals surface area contributed by atoms with Crippen LogP contribution in [0.15, 0.2) is 18.5 Å². The van der Waals surface area contributed by atoms with E-state index < -0.39 is 0 Å². The maximum Gasteiger partial charge on any atom is 0.174 e. The molecule has 2 saturated carbocycles. The normalized spacial score (nSPS) is 24.1. The third kappa shape index (κ3) is 3.90. The van der Waals surface area contributed by atoms with Crippen molar-refractivity contribution >= 4 is 5.82 Å². The van der Waals surface area contributed by atoms with Crippen LogP contribution in [0.2, 0.25) is 0 Å². The molecule has 0 aliphatic heterocycles. The van der Waals surface area contributed by atoms with Gasteiger partial charge in [-0.1, -0.05) is 25.7 Å². The first kappa shape index (κ1) is 17.5. The molecule has 2 aromatic rings. The Kier molecular flexibility index (Phi) is 5.20. The Bertz CT molecular complexity index is 738. The van der Waals surface area contributed by atoms with Crippen molar-refractivity contribution in [3.63, 3.8) is 0 Å². The number of ether oxygens (including phenoxy) is 1. The lowest BCUT2D eigenvalue weighted by Gasteiger charge is -2.34. The highest BCUT2D eigenvalue weighted by Gasteiger charge is 2.29. The third-order valence-electron chi connectivity index (χ3n) is 5.55. The molecule has 2 aliphatic rings. The molecule has 0 bridgehead atoms. The first-order chi connectivity index (χ1) is 12.7. The first-order valence-corrected chi connectivity index (χ1v) is 9.97. The van der Waals surface area contributed by atoms with E-state index in [-0.39, 0.29) is 6.10 Å². The molecule has 2 fully saturated rings. The zero-order valence-electron chi connectivity index (χ0n) is 15.8. The number of nitrogens with zero attached hydrogens (tertiary/aromatic N) is 4. The predicted molar refractivity (Wildman–Crippen MR) is 102 cm³/mol. The summed E-state index contributed by atoms with van der Waals surface area (Å²) in [7, 11) is 0. The Morgan fingerprint density at radius 2 is 1.81 bits per heavy atom. The summed E-state index contributed by atoms with van der Waals surface area (Å²) in [5, 5.41) is 8.12. The van der Waals surface area contributed by atoms with E-state index >= 15 is 0 Å². The van der Waals surface area contributed by atoms with Crippen LogP contribution in [0.4, 0.5) is 5.82 Å². The zero-order valence-corrected chi connectivity index (χ0v) is 15.8. The van der Waals surface area contributed by atoms with Gasteiger partial charge in [0.25, 0.3) is 0 Å². The van der Waals surface area contributed by atoms with Gasteiger partial charge in [0.1, 0.15) is 5.82 Å². The highest BCUT2D eigenvalue weighted by Crippen LogP contribution is 2.29. The van der Waals surface area contributed by atoms with E-state index in [1.165, 1.54) is 38.5 Å². The molecule has 0 unspecified atom stereocenters. The summed E-state index contributed by atoms with van der Waals surface area (Å²) >= 11 is 0. The Morgan fingerprint density at radius 3 is 2.58 bits per heavy atom. The lowest BCUT2D eigenvalue weighted by Crippen LogP contribution is -2.40. The number of anilines is 1. The maximum absolute atomic E-state index is 6.45. The molecule has 2 aromatic heterocycles. The van der Waals surface area contributed by atoms with Crippen LogP contribution in [0.3, 0.4) is 0 Å². The molecule has 1 N–H and O–H groups in total. The summed E-state index contributed by atoms with van der Waals surface area (Å²) in [6.45, 7) is 4.03. The maximum atomic E-state index is 6.45. The summed E-state index contributed by atoms with van der Waals surface area (Å²) in [5.41, 5.74) is 2.05. The van der Waals surface area contributed by atoms with Crippen LogP contribution in [-0.2, 0) is 4.74 Å². The number of rotatable bonds is 5. The minimum atomic E-state index is 0.283. The molecule has 26 heavy (non-hydrogen) atoms. The van der Waals surface area contributed by atoms with Crippen molar-refractivity contribution < 1.29 is 4.74 Å². The molecular formula is C20H29N5O. The Labute approximate surface area is 155 Å². The number of nitrogens with one attached hydrogen (secondary N) is 1. The van der Waals surface area contributed by atoms with Crippen LogP contribution in [0, 0.1) is 13.8 Å². The fourth-order valence-corrected chi connectivity index (χ4v) is 4.27. The van der Waals surface area contributed by atoms with Crippen LogP contribution < -0.4 is 5.32 Å². The summed E-state index contributed by atoms with van der Waals surface area (Å²) in [6, 6.07) is 2.36. The summed E-state index contributed by atoms with van der Waals surface area (Å²) < 4.78 is 8.29. The van der Waals surface area contributed by atoms with E-state index in [0.717, 1.165) is 35.9 Å². The number of hydrogen-bond acceptors (Lipinski definition) is 5. The highest BCUT2D eigenvalue weighted by molar-refractivity contribution is 5.38. The standard InChI is InChI=1S/C20H29N5O/c1-14-11-15(2)25(24-14)20-13-21-12-19(23-20)22-17-9-5-6-10-18(17)26-16-7-3-4-8-16/h11-13,16-18H,3-10H2,1-2H3,(H,22,23)/t17-,18+/m1/s1. The highest BCUT2D eigenvalue weighted by atomic mass is 16.5. The second-order valence-electron chi connectivity index (χ2n) is 7.72. The smallest absolute Gasteiger partial charge is 0.174 e. The second-order valence-corrected chi connectivity index (χ2v) is 7.72. The fraction of sp³-hybridized carbons (Fsp3) is 0.650. The van der Waals surface area contributed by atoms with E-state index in [1.807, 2.05) is 24.6 Å². The minimum absolute atomic E-state index is 0.283. The van der Waals surface area contributed by atoms with E-state index in [4.69, 9.17) is 9.72 Å². The summed E-state index contributed by atoms with van der Waals surface area (Å²) in [5.74, 6) is 1.56. The molecule has 4 rings (SSSR count). The van der Waals surface area contributed by atoms with Gasteiger partial charge in [-0.2, -0.15) is 5.10 Å². The average Bonchev–Trinajstić information content (AvgIpc) is 3.26. The van der Waals surface area contributed by atoms with Crippen LogP contribution in [0.25, 0.3) is 5.82 Å². The van der Waals surface area contributed by atoms with Crippen LogP contribution in [-0.4, -0.2) is 38.0 Å². The van der Waals surface area contributed by atoms with Crippen molar-refractivity contribution in [1.29, 1.82) is 0 Å². The van der Waals surface area contributed by atoms with Gasteiger partial charge < -0.3 is 10.1 Å². The van der Waals surface area contributed by atoms with Crippen molar-refractivity contribution in [1.82, 2.24) is 19.7 Å². The fourth-order valence-electron chi connectivity index (χ4n) is 4.27. The van der Waals surface area contributed by atoms with Crippen molar-refractivity contribution in [2.24, 2.45) is 0 Å². The van der Waals surface area contributed by atoms with Gasteiger partial charge in [-0.3, -0.25) is 4.98 Å². The van der Waals surface area contributed by atoms with Crippen LogP contribution in [0.5, 0.6) is 0 Å². The van der Waals surface area contributed by atoms with Gasteiger partial charge in [-0.05, 0) is 45.6 Å². The van der Waals surface area contributed by atoms with Crippen molar-refractivity contribution in [2.45, 2.75) is 83.5 Å². The summed E-state index contributed by atoms with van der Waals surface area (Å²) in [4.78, 5) is 9.13. The third-order valence-corrected chi connectivity index (χ3v) is 5.55. The SMILES string of the molecule is Cc1cc(C)n(-c2cncc(N[C@@H]3CCCC[C@@H]3OC3CCCC3)n2)n1. The molecule has 0 amide bonds. The Morgan fingerprint density at radius 1 is 1.04 bits per heavy atom. The lowest BCUT2D eigenvalue weighted by molar-refractivity contribution is -0.0322. The quantitative estimate of drug-likeness (QED) is 0.879. The molecule has 2 heterocycles. The molecule has 0 spiro atoms. The zero-order chi connectivity index (χ0) is 17.9. The van der Waals surface area contributed by atoms with E-state index in [0.29, 0.717) is 12.1 Å². The van der Waals surface area contributed by atoms with Crippen molar-refractivity contribution in [3.05, 3.63) is 29.8 Å². The molecule has 2 aliphatic carbocycles. The molecule has 140 valence electrons. The van der Waals surface area contributed by atoms with Gasteiger partial charge in [0.2, 0.25) is 0 Å². The molecular weight excluding hydrogens is 326 g/mol. The van der Waals surface area contributed by atoms with E-state index in [9.17, 15) is 0 Å². The minimum Gasteiger partial charge on any atom is -0.373 e. The van der Waals surface area contributed by atoms with Crippen LogP contribution >= 0.6 is 0 Å². The van der Waals surface area contributed by atoms with Crippen molar-refractivity contribution in [3.8, 4) is 5.82 Å². The monoisotopic (exact) mass is 355 g/mol. The Balaban J connectivity index is 1.48. The number of aryl methyl sites for hydroxylation is 2. The predicted octanol–water partition coefficient (Wildman–Crippen LogP) is 3.96. The van der Waals surface area contributed by atoms with Gasteiger partial charge in [0.05, 0.1) is 36.3 Å². The Hall–Kier alpha value is -1.95.